The highest BCUT2D eigenvalue weighted by atomic mass is 14.0. The first-order chi connectivity index (χ1) is 3.93. The first-order valence-corrected chi connectivity index (χ1v) is 2.65. The summed E-state index contributed by atoms with van der Waals surface area (Å²) in [5.74, 6) is 0. The Morgan fingerprint density at radius 3 is 3.12 bits per heavy atom. The fourth-order valence-corrected chi connectivity index (χ4v) is 0.702. The minimum Gasteiger partial charge on any atom is -0.128 e. The fraction of sp³-hybridized carbons (Fsp3) is 0.125. The molecule has 0 amide bonds. The summed E-state index contributed by atoms with van der Waals surface area (Å²) in [5, 5.41) is 0. The SMILES string of the molecule is C=C=CC1=CC=CC1. The van der Waals surface area contributed by atoms with Crippen molar-refractivity contribution >= 4 is 0 Å². The maximum Gasteiger partial charge on any atom is -0.00882 e. The van der Waals surface area contributed by atoms with Crippen LogP contribution in [0, 0.1) is 0 Å². The van der Waals surface area contributed by atoms with Gasteiger partial charge in [-0.15, -0.1) is 5.73 Å². The molecule has 0 saturated heterocycles. The van der Waals surface area contributed by atoms with E-state index in [1.54, 1.807) is 0 Å². The Kier molecular flexibility index (Phi) is 1.51. The summed E-state index contributed by atoms with van der Waals surface area (Å²) in [4.78, 5) is 0. The van der Waals surface area contributed by atoms with Crippen LogP contribution in [0.3, 0.4) is 0 Å². The largest absolute Gasteiger partial charge is 0.128 e. The summed E-state index contributed by atoms with van der Waals surface area (Å²) in [6.45, 7) is 3.48. The quantitative estimate of drug-likeness (QED) is 0.447. The van der Waals surface area contributed by atoms with E-state index in [2.05, 4.69) is 24.5 Å². The molecule has 0 aromatic heterocycles. The smallest absolute Gasteiger partial charge is 0.00882 e. The van der Waals surface area contributed by atoms with E-state index < -0.39 is 0 Å². The van der Waals surface area contributed by atoms with Gasteiger partial charge in [-0.2, -0.15) is 0 Å². The Morgan fingerprint density at radius 1 is 1.75 bits per heavy atom. The second-order valence-corrected chi connectivity index (χ2v) is 1.72. The molecule has 40 valence electrons. The van der Waals surface area contributed by atoms with Gasteiger partial charge in [0, 0.05) is 0 Å². The van der Waals surface area contributed by atoms with Crippen molar-refractivity contribution < 1.29 is 0 Å². The van der Waals surface area contributed by atoms with E-state index in [1.165, 1.54) is 5.57 Å². The van der Waals surface area contributed by atoms with Crippen LogP contribution in [-0.2, 0) is 0 Å². The van der Waals surface area contributed by atoms with Gasteiger partial charge in [-0.1, -0.05) is 24.8 Å². The molecule has 0 heteroatoms. The third-order valence-electron chi connectivity index (χ3n) is 1.09. The minimum atomic E-state index is 1.04. The lowest BCUT2D eigenvalue weighted by molar-refractivity contribution is 1.34. The van der Waals surface area contributed by atoms with Crippen molar-refractivity contribution in [1.29, 1.82) is 0 Å². The summed E-state index contributed by atoms with van der Waals surface area (Å²) in [6.07, 6.45) is 9.17. The van der Waals surface area contributed by atoms with Crippen LogP contribution in [0.4, 0.5) is 0 Å². The van der Waals surface area contributed by atoms with Gasteiger partial charge in [0.1, 0.15) is 0 Å². The van der Waals surface area contributed by atoms with Gasteiger partial charge < -0.3 is 0 Å². The maximum absolute atomic E-state index is 3.48. The van der Waals surface area contributed by atoms with Gasteiger partial charge in [0.15, 0.2) is 0 Å². The van der Waals surface area contributed by atoms with E-state index >= 15 is 0 Å². The maximum atomic E-state index is 3.48. The highest BCUT2D eigenvalue weighted by Gasteiger charge is 1.90. The Bertz CT molecular complexity index is 176. The standard InChI is InChI=1S/C8H8/c1-2-5-8-6-3-4-7-8/h3-6H,1,7H2. The van der Waals surface area contributed by atoms with Crippen molar-refractivity contribution in [3.63, 3.8) is 0 Å². The molecule has 1 aliphatic carbocycles. The average molecular weight is 104 g/mol. The van der Waals surface area contributed by atoms with Crippen molar-refractivity contribution in [2.24, 2.45) is 0 Å². The zero-order chi connectivity index (χ0) is 5.82. The molecule has 1 aliphatic rings. The van der Waals surface area contributed by atoms with Crippen molar-refractivity contribution in [2.75, 3.05) is 0 Å². The Balaban J connectivity index is 2.64. The molecule has 0 radical (unpaired) electrons. The molecule has 0 aliphatic heterocycles. The van der Waals surface area contributed by atoms with E-state index in [0.29, 0.717) is 0 Å². The molecule has 0 heterocycles. The molecular weight excluding hydrogens is 96.1 g/mol. The molecule has 0 fully saturated rings. The number of allylic oxidation sites excluding steroid dienone is 5. The van der Waals surface area contributed by atoms with Crippen molar-refractivity contribution in [3.8, 4) is 0 Å². The fourth-order valence-electron chi connectivity index (χ4n) is 0.702. The lowest BCUT2D eigenvalue weighted by atomic mass is 10.2. The van der Waals surface area contributed by atoms with Gasteiger partial charge in [0.25, 0.3) is 0 Å². The van der Waals surface area contributed by atoms with Gasteiger partial charge in [0.05, 0.1) is 0 Å². The number of rotatable bonds is 1. The zero-order valence-electron chi connectivity index (χ0n) is 4.72. The highest BCUT2D eigenvalue weighted by molar-refractivity contribution is 5.30. The van der Waals surface area contributed by atoms with Crippen LogP contribution in [0.15, 0.2) is 42.2 Å². The van der Waals surface area contributed by atoms with Gasteiger partial charge in [-0.05, 0) is 18.1 Å². The van der Waals surface area contributed by atoms with Crippen LogP contribution < -0.4 is 0 Å². The summed E-state index contributed by atoms with van der Waals surface area (Å²) in [5.41, 5.74) is 4.02. The van der Waals surface area contributed by atoms with Gasteiger partial charge in [0.2, 0.25) is 0 Å². The molecule has 8 heavy (non-hydrogen) atoms. The Morgan fingerprint density at radius 2 is 2.62 bits per heavy atom. The summed E-state index contributed by atoms with van der Waals surface area (Å²) < 4.78 is 0. The first kappa shape index (κ1) is 5.14. The zero-order valence-corrected chi connectivity index (χ0v) is 4.72. The van der Waals surface area contributed by atoms with Crippen LogP contribution in [0.2, 0.25) is 0 Å². The van der Waals surface area contributed by atoms with Crippen LogP contribution in [0.5, 0.6) is 0 Å². The molecular formula is C8H8. The molecule has 0 atom stereocenters. The van der Waals surface area contributed by atoms with Crippen LogP contribution in [-0.4, -0.2) is 0 Å². The van der Waals surface area contributed by atoms with Crippen LogP contribution in [0.1, 0.15) is 6.42 Å². The van der Waals surface area contributed by atoms with E-state index in [4.69, 9.17) is 0 Å². The predicted octanol–water partition coefficient (Wildman–Crippen LogP) is 2.21. The van der Waals surface area contributed by atoms with E-state index in [9.17, 15) is 0 Å². The van der Waals surface area contributed by atoms with Gasteiger partial charge in [-0.25, -0.2) is 0 Å². The van der Waals surface area contributed by atoms with Crippen molar-refractivity contribution in [3.05, 3.63) is 42.2 Å². The minimum absolute atomic E-state index is 1.04. The molecule has 0 N–H and O–H groups in total. The predicted molar refractivity (Wildman–Crippen MR) is 35.5 cm³/mol. The summed E-state index contributed by atoms with van der Waals surface area (Å²) in [6, 6.07) is 0. The summed E-state index contributed by atoms with van der Waals surface area (Å²) in [7, 11) is 0. The second-order valence-electron chi connectivity index (χ2n) is 1.72. The lowest BCUT2D eigenvalue weighted by Crippen LogP contribution is -1.63. The van der Waals surface area contributed by atoms with Gasteiger partial charge in [-0.3, -0.25) is 0 Å². The Hall–Kier alpha value is -1.00. The highest BCUT2D eigenvalue weighted by Crippen LogP contribution is 2.09. The van der Waals surface area contributed by atoms with Gasteiger partial charge >= 0.3 is 0 Å². The molecule has 0 nitrogen and oxygen atoms in total. The van der Waals surface area contributed by atoms with Crippen LogP contribution >= 0.6 is 0 Å². The van der Waals surface area contributed by atoms with E-state index in [-0.39, 0.29) is 0 Å². The average Bonchev–Trinajstić information content (AvgIpc) is 2.19. The number of hydrogen-bond donors (Lipinski definition) is 0. The van der Waals surface area contributed by atoms with Crippen LogP contribution in [0.25, 0.3) is 0 Å². The number of hydrogen-bond acceptors (Lipinski definition) is 0. The third-order valence-corrected chi connectivity index (χ3v) is 1.09. The molecule has 0 spiro atoms. The van der Waals surface area contributed by atoms with Crippen molar-refractivity contribution in [2.45, 2.75) is 6.42 Å². The molecule has 0 saturated carbocycles. The molecule has 0 bridgehead atoms. The topological polar surface area (TPSA) is 0 Å². The molecule has 0 aromatic carbocycles. The third kappa shape index (κ3) is 0.988. The second kappa shape index (κ2) is 2.34. The van der Waals surface area contributed by atoms with E-state index in [0.717, 1.165) is 6.42 Å². The first-order valence-electron chi connectivity index (χ1n) is 2.65. The lowest BCUT2D eigenvalue weighted by Gasteiger charge is -1.82. The molecule has 1 rings (SSSR count). The van der Waals surface area contributed by atoms with E-state index in [1.807, 2.05) is 12.2 Å². The molecule has 0 aromatic rings. The Labute approximate surface area is 49.5 Å². The summed E-state index contributed by atoms with van der Waals surface area (Å²) >= 11 is 0. The normalized spacial score (nSPS) is 15.2. The van der Waals surface area contributed by atoms with Crippen molar-refractivity contribution in [1.82, 2.24) is 0 Å². The molecule has 0 unspecified atom stereocenters. The monoisotopic (exact) mass is 104 g/mol.